The highest BCUT2D eigenvalue weighted by Gasteiger charge is 2.36. The molecule has 0 saturated carbocycles. The van der Waals surface area contributed by atoms with Crippen LogP contribution in [0.25, 0.3) is 0 Å². The smallest absolute Gasteiger partial charge is 0.310 e. The lowest BCUT2D eigenvalue weighted by Gasteiger charge is -2.14. The van der Waals surface area contributed by atoms with Crippen LogP contribution in [0.5, 0.6) is 0 Å². The van der Waals surface area contributed by atoms with Crippen LogP contribution < -0.4 is 4.90 Å². The highest BCUT2D eigenvalue weighted by atomic mass is 16.6. The van der Waals surface area contributed by atoms with Crippen molar-refractivity contribution in [3.8, 4) is 0 Å². The third kappa shape index (κ3) is 2.61. The Hall–Kier alpha value is -2.25. The average molecular weight is 266 g/mol. The van der Waals surface area contributed by atoms with Crippen molar-refractivity contribution in [2.45, 2.75) is 6.92 Å². The number of hydrogen-bond donors (Lipinski definition) is 0. The van der Waals surface area contributed by atoms with Crippen LogP contribution >= 0.6 is 0 Å². The van der Waals surface area contributed by atoms with E-state index in [1.54, 1.807) is 0 Å². The van der Waals surface area contributed by atoms with E-state index in [4.69, 9.17) is 4.74 Å². The quantitative estimate of drug-likeness (QED) is 0.449. The second-order valence-electron chi connectivity index (χ2n) is 4.51. The number of esters is 1. The van der Waals surface area contributed by atoms with Gasteiger partial charge >= 0.3 is 11.7 Å². The van der Waals surface area contributed by atoms with Crippen LogP contribution in [0.1, 0.15) is 6.92 Å². The van der Waals surface area contributed by atoms with Crippen molar-refractivity contribution in [3.63, 3.8) is 0 Å². The van der Waals surface area contributed by atoms with E-state index >= 15 is 0 Å². The third-order valence-electron chi connectivity index (χ3n) is 3.23. The summed E-state index contributed by atoms with van der Waals surface area (Å²) in [4.78, 5) is 31.3. The first kappa shape index (κ1) is 13.2. The summed E-state index contributed by atoms with van der Waals surface area (Å²) in [5.74, 6) is 0.0517. The Morgan fingerprint density at radius 1 is 1.47 bits per heavy atom. The maximum atomic E-state index is 11.6. The zero-order valence-electron chi connectivity index (χ0n) is 10.6. The summed E-state index contributed by atoms with van der Waals surface area (Å²) in [7, 11) is 1.36. The number of nitrogens with zero attached hydrogens (tertiary/aromatic N) is 4. The predicted octanol–water partition coefficient (Wildman–Crippen LogP) is 0.630. The molecule has 102 valence electrons. The molecular weight excluding hydrogens is 252 g/mol. The first-order valence-electron chi connectivity index (χ1n) is 5.82. The van der Waals surface area contributed by atoms with E-state index < -0.39 is 4.92 Å². The lowest BCUT2D eigenvalue weighted by atomic mass is 9.99. The number of nitro groups is 1. The van der Waals surface area contributed by atoms with Crippen LogP contribution in [0.4, 0.5) is 11.6 Å². The van der Waals surface area contributed by atoms with Crippen molar-refractivity contribution >= 4 is 17.6 Å². The minimum atomic E-state index is -0.548. The highest BCUT2D eigenvalue weighted by Crippen LogP contribution is 2.27. The monoisotopic (exact) mass is 266 g/mol. The zero-order chi connectivity index (χ0) is 14.0. The van der Waals surface area contributed by atoms with Crippen LogP contribution in [-0.4, -0.2) is 41.1 Å². The fraction of sp³-hybridized carbons (Fsp3) is 0.545. The van der Waals surface area contributed by atoms with Crippen molar-refractivity contribution in [3.05, 3.63) is 22.5 Å². The van der Waals surface area contributed by atoms with Gasteiger partial charge in [0.2, 0.25) is 5.95 Å². The molecule has 8 heteroatoms. The molecule has 0 radical (unpaired) electrons. The maximum absolute atomic E-state index is 11.6. The first-order chi connectivity index (χ1) is 9.02. The Kier molecular flexibility index (Phi) is 3.59. The van der Waals surface area contributed by atoms with Crippen LogP contribution in [0, 0.1) is 22.0 Å². The Labute approximate surface area is 109 Å². The molecule has 0 aliphatic carbocycles. The van der Waals surface area contributed by atoms with E-state index in [1.807, 2.05) is 11.8 Å². The number of anilines is 1. The molecule has 0 spiro atoms. The zero-order valence-corrected chi connectivity index (χ0v) is 10.6. The molecule has 2 heterocycles. The second-order valence-corrected chi connectivity index (χ2v) is 4.51. The van der Waals surface area contributed by atoms with Gasteiger partial charge < -0.3 is 9.64 Å². The second kappa shape index (κ2) is 5.17. The molecule has 2 rings (SSSR count). The minimum absolute atomic E-state index is 0.131. The molecule has 0 bridgehead atoms. The van der Waals surface area contributed by atoms with Gasteiger partial charge in [0.05, 0.1) is 18.0 Å². The molecule has 1 aliphatic rings. The molecule has 1 saturated heterocycles. The third-order valence-corrected chi connectivity index (χ3v) is 3.23. The molecule has 0 N–H and O–H groups in total. The minimum Gasteiger partial charge on any atom is -0.469 e. The van der Waals surface area contributed by atoms with Gasteiger partial charge in [-0.3, -0.25) is 14.9 Å². The maximum Gasteiger partial charge on any atom is 0.310 e. The molecule has 0 aromatic carbocycles. The van der Waals surface area contributed by atoms with Crippen molar-refractivity contribution in [1.29, 1.82) is 0 Å². The summed E-state index contributed by atoms with van der Waals surface area (Å²) in [6, 6.07) is 0. The predicted molar refractivity (Wildman–Crippen MR) is 65.6 cm³/mol. The lowest BCUT2D eigenvalue weighted by Crippen LogP contribution is -2.25. The number of rotatable bonds is 3. The van der Waals surface area contributed by atoms with Crippen molar-refractivity contribution in [2.75, 3.05) is 25.1 Å². The van der Waals surface area contributed by atoms with Crippen molar-refractivity contribution in [2.24, 2.45) is 11.8 Å². The van der Waals surface area contributed by atoms with Crippen molar-refractivity contribution < 1.29 is 14.5 Å². The molecule has 1 aromatic heterocycles. The molecule has 19 heavy (non-hydrogen) atoms. The van der Waals surface area contributed by atoms with E-state index in [1.165, 1.54) is 19.5 Å². The van der Waals surface area contributed by atoms with Gasteiger partial charge in [-0.15, -0.1) is 0 Å². The number of ether oxygens (including phenoxy) is 1. The van der Waals surface area contributed by atoms with Gasteiger partial charge in [0.15, 0.2) is 0 Å². The van der Waals surface area contributed by atoms with Crippen molar-refractivity contribution in [1.82, 2.24) is 9.97 Å². The largest absolute Gasteiger partial charge is 0.469 e. The number of methoxy groups -OCH3 is 1. The van der Waals surface area contributed by atoms with Crippen LogP contribution in [0.2, 0.25) is 0 Å². The summed E-state index contributed by atoms with van der Waals surface area (Å²) in [5.41, 5.74) is -0.152. The molecular formula is C11H14N4O4. The standard InChI is InChI=1S/C11H14N4O4/c1-7-5-14(6-9(7)10(16)19-2)11-12-3-8(4-13-11)15(17)18/h3-4,7,9H,5-6H2,1-2H3. The molecule has 8 nitrogen and oxygen atoms in total. The number of carbonyl (C=O) groups is 1. The number of hydrogen-bond acceptors (Lipinski definition) is 7. The molecule has 1 aliphatic heterocycles. The van der Waals surface area contributed by atoms with Crippen LogP contribution in [0.15, 0.2) is 12.4 Å². The molecule has 2 atom stereocenters. The van der Waals surface area contributed by atoms with Gasteiger partial charge in [0.1, 0.15) is 12.4 Å². The summed E-state index contributed by atoms with van der Waals surface area (Å²) >= 11 is 0. The van der Waals surface area contributed by atoms with Crippen LogP contribution in [-0.2, 0) is 9.53 Å². The van der Waals surface area contributed by atoms with Crippen LogP contribution in [0.3, 0.4) is 0 Å². The van der Waals surface area contributed by atoms with Gasteiger partial charge in [-0.1, -0.05) is 6.92 Å². The number of carbonyl (C=O) groups excluding carboxylic acids is 1. The fourth-order valence-corrected chi connectivity index (χ4v) is 2.16. The van der Waals surface area contributed by atoms with E-state index in [2.05, 4.69) is 9.97 Å². The normalized spacial score (nSPS) is 22.3. The molecule has 1 fully saturated rings. The van der Waals surface area contributed by atoms with E-state index in [9.17, 15) is 14.9 Å². The summed E-state index contributed by atoms with van der Waals surface area (Å²) in [6.45, 7) is 3.04. The Bertz CT molecular complexity index is 490. The van der Waals surface area contributed by atoms with E-state index in [-0.39, 0.29) is 23.5 Å². The summed E-state index contributed by atoms with van der Waals surface area (Å²) in [6.07, 6.45) is 2.33. The average Bonchev–Trinajstić information content (AvgIpc) is 2.80. The lowest BCUT2D eigenvalue weighted by molar-refractivity contribution is -0.385. The van der Waals surface area contributed by atoms with Gasteiger partial charge in [-0.05, 0) is 5.92 Å². The summed E-state index contributed by atoms with van der Waals surface area (Å²) in [5, 5.41) is 10.5. The molecule has 0 amide bonds. The fourth-order valence-electron chi connectivity index (χ4n) is 2.16. The number of aromatic nitrogens is 2. The summed E-state index contributed by atoms with van der Waals surface area (Å²) < 4.78 is 4.74. The van der Waals surface area contributed by atoms with Gasteiger partial charge in [-0.25, -0.2) is 9.97 Å². The van der Waals surface area contributed by atoms with Gasteiger partial charge in [-0.2, -0.15) is 0 Å². The highest BCUT2D eigenvalue weighted by molar-refractivity contribution is 5.74. The van der Waals surface area contributed by atoms with Gasteiger partial charge in [0, 0.05) is 13.1 Å². The first-order valence-corrected chi connectivity index (χ1v) is 5.82. The van der Waals surface area contributed by atoms with E-state index in [0.717, 1.165) is 0 Å². The van der Waals surface area contributed by atoms with E-state index in [0.29, 0.717) is 19.0 Å². The Morgan fingerprint density at radius 2 is 2.11 bits per heavy atom. The molecule has 2 unspecified atom stereocenters. The topological polar surface area (TPSA) is 98.5 Å². The molecule has 1 aromatic rings. The van der Waals surface area contributed by atoms with Gasteiger partial charge in [0.25, 0.3) is 0 Å². The Morgan fingerprint density at radius 3 is 2.63 bits per heavy atom. The Balaban J connectivity index is 2.11. The SMILES string of the molecule is COC(=O)C1CN(c2ncc([N+](=O)[O-])cn2)CC1C.